The van der Waals surface area contributed by atoms with Crippen molar-refractivity contribution in [1.82, 2.24) is 14.4 Å². The number of carbonyl (C=O) groups excluding carboxylic acids is 2. The lowest BCUT2D eigenvalue weighted by Gasteiger charge is -2.34. The molecule has 6 nitrogen and oxygen atoms in total. The zero-order valence-electron chi connectivity index (χ0n) is 12.0. The van der Waals surface area contributed by atoms with Gasteiger partial charge in [0, 0.05) is 51.5 Å². The van der Waals surface area contributed by atoms with Crippen molar-refractivity contribution in [2.75, 3.05) is 39.3 Å². The third kappa shape index (κ3) is 3.08. The van der Waals surface area contributed by atoms with E-state index in [1.54, 1.807) is 28.8 Å². The van der Waals surface area contributed by atoms with E-state index in [0.717, 1.165) is 13.1 Å². The van der Waals surface area contributed by atoms with E-state index in [1.807, 2.05) is 0 Å². The van der Waals surface area contributed by atoms with E-state index in [4.69, 9.17) is 5.11 Å². The predicted molar refractivity (Wildman–Crippen MR) is 74.8 cm³/mol. The molecular formula is C14H21N3O3. The average Bonchev–Trinajstić information content (AvgIpc) is 2.81. The van der Waals surface area contributed by atoms with Crippen LogP contribution in [0.5, 0.6) is 0 Å². The summed E-state index contributed by atoms with van der Waals surface area (Å²) in [6, 6.07) is 1.66. The van der Waals surface area contributed by atoms with Crippen molar-refractivity contribution in [3.8, 4) is 0 Å². The molecule has 1 amide bonds. The van der Waals surface area contributed by atoms with Crippen molar-refractivity contribution in [3.05, 3.63) is 23.5 Å². The van der Waals surface area contributed by atoms with Gasteiger partial charge in [-0.2, -0.15) is 0 Å². The van der Waals surface area contributed by atoms with Crippen LogP contribution in [0.2, 0.25) is 0 Å². The van der Waals surface area contributed by atoms with Crippen LogP contribution in [0, 0.1) is 0 Å². The lowest BCUT2D eigenvalue weighted by atomic mass is 10.2. The standard InChI is InChI=1S/C14H21N3O3/c1-11(19)12-9-13(15(2)10-12)14(20)17-5-3-16(4-6-17)7-8-18/h9-10,18H,3-8H2,1-2H3. The van der Waals surface area contributed by atoms with Crippen LogP contribution in [-0.4, -0.2) is 70.5 Å². The van der Waals surface area contributed by atoms with Crippen LogP contribution in [0.15, 0.2) is 12.3 Å². The molecule has 0 aromatic carbocycles. The predicted octanol–water partition coefficient (Wildman–Crippen LogP) is -0.0222. The quantitative estimate of drug-likeness (QED) is 0.787. The van der Waals surface area contributed by atoms with Gasteiger partial charge in [-0.15, -0.1) is 0 Å². The van der Waals surface area contributed by atoms with Crippen LogP contribution < -0.4 is 0 Å². The largest absolute Gasteiger partial charge is 0.395 e. The highest BCUT2D eigenvalue weighted by atomic mass is 16.3. The van der Waals surface area contributed by atoms with Crippen LogP contribution >= 0.6 is 0 Å². The number of piperazine rings is 1. The van der Waals surface area contributed by atoms with Gasteiger partial charge < -0.3 is 14.6 Å². The Kier molecular flexibility index (Phi) is 4.57. The minimum absolute atomic E-state index is 0.0348. The summed E-state index contributed by atoms with van der Waals surface area (Å²) in [6.45, 7) is 5.15. The first-order valence-electron chi connectivity index (χ1n) is 6.82. The Morgan fingerprint density at radius 1 is 1.25 bits per heavy atom. The van der Waals surface area contributed by atoms with E-state index in [9.17, 15) is 9.59 Å². The molecule has 1 aromatic rings. The van der Waals surface area contributed by atoms with E-state index in [-0.39, 0.29) is 18.3 Å². The Hall–Kier alpha value is -1.66. The number of aryl methyl sites for hydroxylation is 1. The SMILES string of the molecule is CC(=O)c1cc(C(=O)N2CCN(CCO)CC2)n(C)c1. The topological polar surface area (TPSA) is 65.8 Å². The summed E-state index contributed by atoms with van der Waals surface area (Å²) in [4.78, 5) is 27.7. The van der Waals surface area contributed by atoms with Gasteiger partial charge in [0.05, 0.1) is 6.61 Å². The number of hydrogen-bond donors (Lipinski definition) is 1. The summed E-state index contributed by atoms with van der Waals surface area (Å²) < 4.78 is 1.71. The van der Waals surface area contributed by atoms with Gasteiger partial charge in [0.2, 0.25) is 0 Å². The number of hydrogen-bond acceptors (Lipinski definition) is 4. The molecule has 2 heterocycles. The van der Waals surface area contributed by atoms with Gasteiger partial charge in [-0.05, 0) is 13.0 Å². The van der Waals surface area contributed by atoms with E-state index < -0.39 is 0 Å². The van der Waals surface area contributed by atoms with Crippen LogP contribution in [0.3, 0.4) is 0 Å². The Morgan fingerprint density at radius 3 is 2.40 bits per heavy atom. The van der Waals surface area contributed by atoms with Crippen molar-refractivity contribution in [1.29, 1.82) is 0 Å². The monoisotopic (exact) mass is 279 g/mol. The Labute approximate surface area is 118 Å². The Bertz CT molecular complexity index is 502. The van der Waals surface area contributed by atoms with E-state index in [2.05, 4.69) is 4.90 Å². The second-order valence-corrected chi connectivity index (χ2v) is 5.14. The van der Waals surface area contributed by atoms with Crippen molar-refractivity contribution >= 4 is 11.7 Å². The molecule has 0 aliphatic carbocycles. The molecule has 0 bridgehead atoms. The van der Waals surface area contributed by atoms with Crippen LogP contribution in [0.4, 0.5) is 0 Å². The number of amides is 1. The summed E-state index contributed by atoms with van der Waals surface area (Å²) in [5.74, 6) is -0.0731. The molecule has 1 aliphatic heterocycles. The van der Waals surface area contributed by atoms with Crippen LogP contribution in [0.1, 0.15) is 27.8 Å². The summed E-state index contributed by atoms with van der Waals surface area (Å²) in [5, 5.41) is 8.91. The van der Waals surface area contributed by atoms with Crippen molar-refractivity contribution < 1.29 is 14.7 Å². The molecule has 1 fully saturated rings. The number of aromatic nitrogens is 1. The molecular weight excluding hydrogens is 258 g/mol. The molecule has 6 heteroatoms. The third-order valence-electron chi connectivity index (χ3n) is 3.71. The molecule has 1 saturated heterocycles. The van der Waals surface area contributed by atoms with Crippen molar-refractivity contribution in [2.45, 2.75) is 6.92 Å². The number of aliphatic hydroxyl groups is 1. The average molecular weight is 279 g/mol. The lowest BCUT2D eigenvalue weighted by Crippen LogP contribution is -2.49. The first-order valence-corrected chi connectivity index (χ1v) is 6.82. The fraction of sp³-hybridized carbons (Fsp3) is 0.571. The van der Waals surface area contributed by atoms with Crippen molar-refractivity contribution in [3.63, 3.8) is 0 Å². The molecule has 0 atom stereocenters. The number of aliphatic hydroxyl groups excluding tert-OH is 1. The molecule has 0 saturated carbocycles. The molecule has 0 unspecified atom stereocenters. The number of rotatable bonds is 4. The Balaban J connectivity index is 2.03. The van der Waals surface area contributed by atoms with E-state index >= 15 is 0 Å². The molecule has 0 radical (unpaired) electrons. The molecule has 20 heavy (non-hydrogen) atoms. The number of nitrogens with zero attached hydrogens (tertiary/aromatic N) is 3. The highest BCUT2D eigenvalue weighted by Crippen LogP contribution is 2.12. The van der Waals surface area contributed by atoms with E-state index in [0.29, 0.717) is 30.9 Å². The summed E-state index contributed by atoms with van der Waals surface area (Å²) in [7, 11) is 1.78. The van der Waals surface area contributed by atoms with Gasteiger partial charge in [0.1, 0.15) is 5.69 Å². The third-order valence-corrected chi connectivity index (χ3v) is 3.71. The summed E-state index contributed by atoms with van der Waals surface area (Å²) in [6.07, 6.45) is 1.69. The zero-order chi connectivity index (χ0) is 14.7. The summed E-state index contributed by atoms with van der Waals surface area (Å²) >= 11 is 0. The second-order valence-electron chi connectivity index (χ2n) is 5.14. The molecule has 1 N–H and O–H groups in total. The number of β-amino-alcohol motifs (C(OH)–C–C–N with tert-alkyl or cyclic N) is 1. The van der Waals surface area contributed by atoms with Crippen LogP contribution in [-0.2, 0) is 7.05 Å². The first kappa shape index (κ1) is 14.7. The minimum atomic E-state index is -0.0383. The molecule has 0 spiro atoms. The maximum absolute atomic E-state index is 12.4. The zero-order valence-corrected chi connectivity index (χ0v) is 12.0. The molecule has 2 rings (SSSR count). The molecule has 1 aromatic heterocycles. The molecule has 1 aliphatic rings. The van der Waals surface area contributed by atoms with E-state index in [1.165, 1.54) is 6.92 Å². The Morgan fingerprint density at radius 2 is 1.90 bits per heavy atom. The molecule has 110 valence electrons. The smallest absolute Gasteiger partial charge is 0.270 e. The number of ketones is 1. The van der Waals surface area contributed by atoms with Gasteiger partial charge in [0.25, 0.3) is 5.91 Å². The fourth-order valence-electron chi connectivity index (χ4n) is 2.45. The van der Waals surface area contributed by atoms with Gasteiger partial charge in [-0.3, -0.25) is 14.5 Å². The van der Waals surface area contributed by atoms with Crippen LogP contribution in [0.25, 0.3) is 0 Å². The van der Waals surface area contributed by atoms with Gasteiger partial charge >= 0.3 is 0 Å². The lowest BCUT2D eigenvalue weighted by molar-refractivity contribution is 0.0606. The first-order chi connectivity index (χ1) is 9.52. The maximum atomic E-state index is 12.4. The van der Waals surface area contributed by atoms with Gasteiger partial charge in [0.15, 0.2) is 5.78 Å². The maximum Gasteiger partial charge on any atom is 0.270 e. The fourth-order valence-corrected chi connectivity index (χ4v) is 2.45. The number of carbonyl (C=O) groups is 2. The second kappa shape index (κ2) is 6.19. The highest BCUT2D eigenvalue weighted by molar-refractivity contribution is 5.99. The minimum Gasteiger partial charge on any atom is -0.395 e. The highest BCUT2D eigenvalue weighted by Gasteiger charge is 2.24. The van der Waals surface area contributed by atoms with Gasteiger partial charge in [-0.25, -0.2) is 0 Å². The normalized spacial score (nSPS) is 16.4. The number of Topliss-reactive ketones (excluding diaryl/α,β-unsaturated/α-hetero) is 1. The van der Waals surface area contributed by atoms with Gasteiger partial charge in [-0.1, -0.05) is 0 Å². The van der Waals surface area contributed by atoms with Crippen molar-refractivity contribution in [2.24, 2.45) is 7.05 Å². The summed E-state index contributed by atoms with van der Waals surface area (Å²) in [5.41, 5.74) is 1.11.